The Hall–Kier alpha value is -3.65. The molecule has 1 saturated heterocycles. The maximum absolute atomic E-state index is 6.15. The highest BCUT2D eigenvalue weighted by atomic mass is 16.5. The van der Waals surface area contributed by atoms with Crippen LogP contribution in [0.3, 0.4) is 0 Å². The molecule has 5 rings (SSSR count). The lowest BCUT2D eigenvalue weighted by atomic mass is 10.0. The molecule has 4 aromatic rings. The summed E-state index contributed by atoms with van der Waals surface area (Å²) in [6.07, 6.45) is 3.42. The van der Waals surface area contributed by atoms with Gasteiger partial charge in [0.1, 0.15) is 11.6 Å². The number of ether oxygens (including phenoxy) is 1. The zero-order chi connectivity index (χ0) is 21.4. The van der Waals surface area contributed by atoms with Crippen molar-refractivity contribution in [1.82, 2.24) is 19.9 Å². The van der Waals surface area contributed by atoms with Gasteiger partial charge >= 0.3 is 0 Å². The summed E-state index contributed by atoms with van der Waals surface area (Å²) >= 11 is 0. The molecule has 31 heavy (non-hydrogen) atoms. The second-order valence-electron chi connectivity index (χ2n) is 7.68. The molecule has 0 radical (unpaired) electrons. The van der Waals surface area contributed by atoms with Crippen molar-refractivity contribution in [1.29, 1.82) is 0 Å². The molecule has 8 heteroatoms. The molecule has 1 fully saturated rings. The third-order valence-electron chi connectivity index (χ3n) is 5.68. The average molecular weight is 416 g/mol. The maximum atomic E-state index is 6.15. The fourth-order valence-corrected chi connectivity index (χ4v) is 3.86. The Kier molecular flexibility index (Phi) is 4.91. The zero-order valence-electron chi connectivity index (χ0n) is 17.6. The van der Waals surface area contributed by atoms with Crippen molar-refractivity contribution in [2.75, 3.05) is 51.0 Å². The molecule has 1 aliphatic rings. The van der Waals surface area contributed by atoms with E-state index in [0.29, 0.717) is 28.5 Å². The number of methoxy groups -OCH3 is 1. The molecule has 3 aromatic heterocycles. The number of fused-ring (bicyclic) bond motifs is 1. The number of nitrogen functional groups attached to an aromatic ring is 1. The molecule has 0 unspecified atom stereocenters. The number of anilines is 2. The van der Waals surface area contributed by atoms with Crippen LogP contribution in [0.2, 0.25) is 0 Å². The molecule has 0 saturated carbocycles. The number of hydrogen-bond acceptors (Lipinski definition) is 8. The van der Waals surface area contributed by atoms with E-state index in [9.17, 15) is 0 Å². The summed E-state index contributed by atoms with van der Waals surface area (Å²) in [5, 5.41) is 0. The second kappa shape index (κ2) is 7.88. The molecule has 0 bridgehead atoms. The monoisotopic (exact) mass is 416 g/mol. The first-order valence-electron chi connectivity index (χ1n) is 10.2. The molecule has 1 aromatic carbocycles. The number of benzene rings is 1. The predicted molar refractivity (Wildman–Crippen MR) is 121 cm³/mol. The van der Waals surface area contributed by atoms with E-state index in [1.54, 1.807) is 19.5 Å². The van der Waals surface area contributed by atoms with Crippen molar-refractivity contribution >= 4 is 22.7 Å². The fraction of sp³-hybridized carbons (Fsp3) is 0.261. The van der Waals surface area contributed by atoms with Crippen LogP contribution in [0.1, 0.15) is 0 Å². The lowest BCUT2D eigenvalue weighted by Gasteiger charge is -2.34. The largest absolute Gasteiger partial charge is 0.496 e. The first kappa shape index (κ1) is 19.3. The Morgan fingerprint density at radius 1 is 1.03 bits per heavy atom. The molecule has 8 nitrogen and oxygen atoms in total. The van der Waals surface area contributed by atoms with Gasteiger partial charge < -0.3 is 24.7 Å². The Bertz CT molecular complexity index is 1200. The standard InChI is InChI=1S/C23H24N6O2/c1-28-8-10-29(11-9-28)16-5-6-17(20(13-16)30-2)15-12-18(21(24)26-14-15)23-27-22-19(31-23)4-3-7-25-22/h3-7,12-14H,8-11H2,1-2H3,(H2,24,26). The van der Waals surface area contributed by atoms with Gasteiger partial charge in [0.25, 0.3) is 0 Å². The zero-order valence-corrected chi connectivity index (χ0v) is 17.6. The quantitative estimate of drug-likeness (QED) is 0.542. The van der Waals surface area contributed by atoms with E-state index in [-0.39, 0.29) is 0 Å². The Balaban J connectivity index is 1.52. The van der Waals surface area contributed by atoms with Gasteiger partial charge in [0.15, 0.2) is 11.2 Å². The average Bonchev–Trinajstić information content (AvgIpc) is 3.23. The Morgan fingerprint density at radius 3 is 2.65 bits per heavy atom. The minimum Gasteiger partial charge on any atom is -0.496 e. The molecule has 158 valence electrons. The van der Waals surface area contributed by atoms with Crippen LogP contribution in [0.15, 0.2) is 53.2 Å². The summed E-state index contributed by atoms with van der Waals surface area (Å²) in [5.74, 6) is 1.53. The number of likely N-dealkylation sites (N-methyl/N-ethyl adjacent to an activating group) is 1. The van der Waals surface area contributed by atoms with E-state index in [1.165, 1.54) is 0 Å². The molecule has 0 spiro atoms. The Labute approximate surface area is 180 Å². The van der Waals surface area contributed by atoms with Gasteiger partial charge in [-0.1, -0.05) is 0 Å². The van der Waals surface area contributed by atoms with Gasteiger partial charge in [-0.2, -0.15) is 4.98 Å². The van der Waals surface area contributed by atoms with Gasteiger partial charge in [0, 0.05) is 61.5 Å². The molecule has 1 aliphatic heterocycles. The number of rotatable bonds is 4. The second-order valence-corrected chi connectivity index (χ2v) is 7.68. The normalized spacial score (nSPS) is 14.8. The van der Waals surface area contributed by atoms with Crippen LogP contribution >= 0.6 is 0 Å². The summed E-state index contributed by atoms with van der Waals surface area (Å²) in [6.45, 7) is 4.10. The van der Waals surface area contributed by atoms with Gasteiger partial charge in [0.05, 0.1) is 12.7 Å². The first-order valence-corrected chi connectivity index (χ1v) is 10.2. The van der Waals surface area contributed by atoms with Crippen LogP contribution in [0.5, 0.6) is 5.75 Å². The third-order valence-corrected chi connectivity index (χ3v) is 5.68. The number of oxazole rings is 1. The van der Waals surface area contributed by atoms with E-state index in [2.05, 4.69) is 50.0 Å². The first-order chi connectivity index (χ1) is 15.1. The fourth-order valence-electron chi connectivity index (χ4n) is 3.86. The van der Waals surface area contributed by atoms with Crippen molar-refractivity contribution in [3.05, 3.63) is 48.8 Å². The summed E-state index contributed by atoms with van der Waals surface area (Å²) in [5.41, 5.74) is 10.9. The molecular weight excluding hydrogens is 392 g/mol. The third kappa shape index (κ3) is 3.66. The van der Waals surface area contributed by atoms with Crippen LogP contribution in [0.4, 0.5) is 11.5 Å². The highest BCUT2D eigenvalue weighted by Crippen LogP contribution is 2.37. The minimum atomic E-state index is 0.350. The van der Waals surface area contributed by atoms with Gasteiger partial charge in [-0.15, -0.1) is 0 Å². The molecular formula is C23H24N6O2. The van der Waals surface area contributed by atoms with Gasteiger partial charge in [-0.25, -0.2) is 9.97 Å². The summed E-state index contributed by atoms with van der Waals surface area (Å²) in [6, 6.07) is 11.8. The molecule has 0 atom stereocenters. The van der Waals surface area contributed by atoms with Crippen LogP contribution in [-0.2, 0) is 0 Å². The van der Waals surface area contributed by atoms with Crippen molar-refractivity contribution < 1.29 is 9.15 Å². The van der Waals surface area contributed by atoms with Crippen LogP contribution in [0.25, 0.3) is 33.8 Å². The number of hydrogen-bond donors (Lipinski definition) is 1. The molecule has 4 heterocycles. The van der Waals surface area contributed by atoms with Gasteiger partial charge in [-0.05, 0) is 37.4 Å². The smallest absolute Gasteiger partial charge is 0.232 e. The maximum Gasteiger partial charge on any atom is 0.232 e. The molecule has 0 amide bonds. The number of nitrogens with two attached hydrogens (primary N) is 1. The van der Waals surface area contributed by atoms with Crippen LogP contribution in [-0.4, -0.2) is 60.2 Å². The van der Waals surface area contributed by atoms with E-state index in [4.69, 9.17) is 14.9 Å². The summed E-state index contributed by atoms with van der Waals surface area (Å²) < 4.78 is 11.6. The molecule has 2 N–H and O–H groups in total. The highest BCUT2D eigenvalue weighted by Gasteiger charge is 2.18. The topological polar surface area (TPSA) is 93.5 Å². The van der Waals surface area contributed by atoms with E-state index >= 15 is 0 Å². The summed E-state index contributed by atoms with van der Waals surface area (Å²) in [7, 11) is 3.84. The SMILES string of the molecule is COc1cc(N2CCN(C)CC2)ccc1-c1cnc(N)c(-c2nc3ncccc3o2)c1. The number of pyridine rings is 2. The lowest BCUT2D eigenvalue weighted by molar-refractivity contribution is 0.312. The summed E-state index contributed by atoms with van der Waals surface area (Å²) in [4.78, 5) is 17.8. The van der Waals surface area contributed by atoms with Crippen molar-refractivity contribution in [2.45, 2.75) is 0 Å². The minimum absolute atomic E-state index is 0.350. The van der Waals surface area contributed by atoms with E-state index < -0.39 is 0 Å². The highest BCUT2D eigenvalue weighted by molar-refractivity contribution is 5.81. The van der Waals surface area contributed by atoms with Crippen molar-refractivity contribution in [2.24, 2.45) is 0 Å². The number of nitrogens with zero attached hydrogens (tertiary/aromatic N) is 5. The molecule has 0 aliphatic carbocycles. The van der Waals surface area contributed by atoms with Crippen molar-refractivity contribution in [3.8, 4) is 28.3 Å². The number of piperazine rings is 1. The van der Waals surface area contributed by atoms with Gasteiger partial charge in [0.2, 0.25) is 5.89 Å². The van der Waals surface area contributed by atoms with Crippen LogP contribution < -0.4 is 15.4 Å². The van der Waals surface area contributed by atoms with Gasteiger partial charge in [-0.3, -0.25) is 0 Å². The Morgan fingerprint density at radius 2 is 1.87 bits per heavy atom. The van der Waals surface area contributed by atoms with E-state index in [1.807, 2.05) is 18.2 Å². The lowest BCUT2D eigenvalue weighted by Crippen LogP contribution is -2.44. The van der Waals surface area contributed by atoms with E-state index in [0.717, 1.165) is 48.7 Å². The predicted octanol–water partition coefficient (Wildman–Crippen LogP) is 3.29. The van der Waals surface area contributed by atoms with Crippen molar-refractivity contribution in [3.63, 3.8) is 0 Å². The van der Waals surface area contributed by atoms with Crippen LogP contribution in [0, 0.1) is 0 Å². The number of aromatic nitrogens is 3.